The van der Waals surface area contributed by atoms with Crippen LogP contribution < -0.4 is 14.9 Å². The highest BCUT2D eigenvalue weighted by molar-refractivity contribution is 5.99. The smallest absolute Gasteiger partial charge is 0.290 e. The van der Waals surface area contributed by atoms with E-state index in [1.807, 2.05) is 6.92 Å². The van der Waals surface area contributed by atoms with Gasteiger partial charge in [0.1, 0.15) is 11.4 Å². The van der Waals surface area contributed by atoms with Crippen LogP contribution in [-0.4, -0.2) is 42.8 Å². The van der Waals surface area contributed by atoms with E-state index in [2.05, 4.69) is 0 Å². The number of hydrogen-bond donors (Lipinski definition) is 1. The predicted molar refractivity (Wildman–Crippen MR) is 111 cm³/mol. The van der Waals surface area contributed by atoms with Gasteiger partial charge in [-0.1, -0.05) is 6.07 Å². The van der Waals surface area contributed by atoms with Gasteiger partial charge in [-0.15, -0.1) is 0 Å². The molecule has 8 heteroatoms. The molecule has 2 aromatic carbocycles. The second-order valence-corrected chi connectivity index (χ2v) is 7.14. The van der Waals surface area contributed by atoms with Crippen LogP contribution in [0.2, 0.25) is 0 Å². The number of benzene rings is 2. The molecule has 1 aromatic heterocycles. The van der Waals surface area contributed by atoms with Gasteiger partial charge in [0.15, 0.2) is 16.9 Å². The van der Waals surface area contributed by atoms with Crippen molar-refractivity contribution in [2.24, 2.45) is 0 Å². The topological polar surface area (TPSA) is 89.2 Å². The van der Waals surface area contributed by atoms with Crippen molar-refractivity contribution in [3.05, 3.63) is 69.3 Å². The minimum Gasteiger partial charge on any atom is -0.493 e. The van der Waals surface area contributed by atoms with Gasteiger partial charge in [-0.3, -0.25) is 9.59 Å². The number of amides is 1. The summed E-state index contributed by atoms with van der Waals surface area (Å²) in [5, 5.41) is 9.37. The highest BCUT2D eigenvalue weighted by Gasteiger charge is 2.42. The number of nitrogens with zero attached hydrogens (tertiary/aromatic N) is 1. The molecule has 0 spiro atoms. The number of methoxy groups -OCH3 is 1. The van der Waals surface area contributed by atoms with E-state index in [0.717, 1.165) is 6.07 Å². The number of aliphatic hydroxyl groups is 1. The molecule has 1 unspecified atom stereocenters. The van der Waals surface area contributed by atoms with E-state index in [1.54, 1.807) is 18.2 Å². The first-order chi connectivity index (χ1) is 15.0. The maximum atomic E-state index is 13.8. The Morgan fingerprint density at radius 1 is 1.16 bits per heavy atom. The molecule has 3 aromatic rings. The monoisotopic (exact) mass is 427 g/mol. The summed E-state index contributed by atoms with van der Waals surface area (Å²) >= 11 is 0. The quantitative estimate of drug-likeness (QED) is 0.623. The van der Waals surface area contributed by atoms with Crippen LogP contribution in [0.1, 0.15) is 41.1 Å². The first-order valence-corrected chi connectivity index (χ1v) is 9.99. The molecule has 162 valence electrons. The average molecular weight is 427 g/mol. The molecule has 7 nitrogen and oxygen atoms in total. The van der Waals surface area contributed by atoms with E-state index in [9.17, 15) is 19.1 Å². The fourth-order valence-corrected chi connectivity index (χ4v) is 3.94. The van der Waals surface area contributed by atoms with Crippen molar-refractivity contribution in [3.63, 3.8) is 0 Å². The molecule has 1 aliphatic rings. The molecule has 0 bridgehead atoms. The highest BCUT2D eigenvalue weighted by atomic mass is 19.1. The Hall–Kier alpha value is -3.39. The van der Waals surface area contributed by atoms with Crippen LogP contribution in [0.25, 0.3) is 11.0 Å². The van der Waals surface area contributed by atoms with Gasteiger partial charge in [-0.05, 0) is 49.2 Å². The molecule has 0 saturated heterocycles. The maximum Gasteiger partial charge on any atom is 0.290 e. The Balaban J connectivity index is 1.94. The SMILES string of the molecule is CCOc1ccc(C2c3c(oc4ccc(F)cc4c3=O)C(=O)N2CCCO)cc1OC. The Bertz CT molecular complexity index is 1200. The largest absolute Gasteiger partial charge is 0.493 e. The summed E-state index contributed by atoms with van der Waals surface area (Å²) < 4.78 is 30.6. The van der Waals surface area contributed by atoms with Gasteiger partial charge in [0, 0.05) is 13.2 Å². The second kappa shape index (κ2) is 8.39. The minimum atomic E-state index is -0.762. The summed E-state index contributed by atoms with van der Waals surface area (Å²) in [6.07, 6.45) is 0.326. The van der Waals surface area contributed by atoms with Gasteiger partial charge in [0.25, 0.3) is 5.91 Å². The summed E-state index contributed by atoms with van der Waals surface area (Å²) in [6, 6.07) is 8.04. The minimum absolute atomic E-state index is 0.0680. The molecule has 4 rings (SSSR count). The molecular formula is C23H22FNO6. The highest BCUT2D eigenvalue weighted by Crippen LogP contribution is 2.41. The second-order valence-electron chi connectivity index (χ2n) is 7.14. The molecular weight excluding hydrogens is 405 g/mol. The van der Waals surface area contributed by atoms with Gasteiger partial charge in [-0.2, -0.15) is 0 Å². The third-order valence-electron chi connectivity index (χ3n) is 5.29. The van der Waals surface area contributed by atoms with Crippen LogP contribution in [-0.2, 0) is 0 Å². The van der Waals surface area contributed by atoms with E-state index >= 15 is 0 Å². The summed E-state index contributed by atoms with van der Waals surface area (Å²) in [5.41, 5.74) is 0.444. The van der Waals surface area contributed by atoms with Crippen LogP contribution >= 0.6 is 0 Å². The molecule has 1 aliphatic heterocycles. The fraction of sp³-hybridized carbons (Fsp3) is 0.304. The Labute approximate surface area is 177 Å². The number of rotatable bonds is 7. The number of ether oxygens (including phenoxy) is 2. The summed E-state index contributed by atoms with van der Waals surface area (Å²) in [4.78, 5) is 28.0. The summed E-state index contributed by atoms with van der Waals surface area (Å²) in [5.74, 6) is -0.101. The Morgan fingerprint density at radius 3 is 2.68 bits per heavy atom. The molecule has 0 saturated carbocycles. The summed E-state index contributed by atoms with van der Waals surface area (Å²) in [7, 11) is 1.50. The van der Waals surface area contributed by atoms with Crippen LogP contribution in [0.4, 0.5) is 4.39 Å². The van der Waals surface area contributed by atoms with Crippen molar-refractivity contribution in [1.82, 2.24) is 4.90 Å². The molecule has 0 aliphatic carbocycles. The zero-order valence-corrected chi connectivity index (χ0v) is 17.2. The van der Waals surface area contributed by atoms with Crippen LogP contribution in [0, 0.1) is 5.82 Å². The number of fused-ring (bicyclic) bond motifs is 2. The maximum absolute atomic E-state index is 13.8. The average Bonchev–Trinajstić information content (AvgIpc) is 3.05. The molecule has 0 radical (unpaired) electrons. The lowest BCUT2D eigenvalue weighted by atomic mass is 9.98. The van der Waals surface area contributed by atoms with E-state index in [4.69, 9.17) is 13.9 Å². The van der Waals surface area contributed by atoms with E-state index < -0.39 is 23.2 Å². The normalized spacial score (nSPS) is 15.4. The third-order valence-corrected chi connectivity index (χ3v) is 5.29. The van der Waals surface area contributed by atoms with E-state index in [1.165, 1.54) is 24.1 Å². The third kappa shape index (κ3) is 3.53. The fourth-order valence-electron chi connectivity index (χ4n) is 3.94. The van der Waals surface area contributed by atoms with Crippen molar-refractivity contribution in [2.45, 2.75) is 19.4 Å². The molecule has 1 atom stereocenters. The van der Waals surface area contributed by atoms with Crippen LogP contribution in [0.5, 0.6) is 11.5 Å². The zero-order valence-electron chi connectivity index (χ0n) is 17.2. The zero-order chi connectivity index (χ0) is 22.1. The number of hydrogen-bond acceptors (Lipinski definition) is 6. The van der Waals surface area contributed by atoms with Crippen molar-refractivity contribution < 1.29 is 28.2 Å². The first kappa shape index (κ1) is 20.9. The molecule has 0 fully saturated rings. The van der Waals surface area contributed by atoms with Gasteiger partial charge in [0.2, 0.25) is 5.76 Å². The number of carbonyl (C=O) groups is 1. The summed E-state index contributed by atoms with van der Waals surface area (Å²) in [6.45, 7) is 2.40. The van der Waals surface area contributed by atoms with Crippen molar-refractivity contribution in [1.29, 1.82) is 0 Å². The van der Waals surface area contributed by atoms with Crippen LogP contribution in [0.3, 0.4) is 0 Å². The van der Waals surface area contributed by atoms with Gasteiger partial charge >= 0.3 is 0 Å². The van der Waals surface area contributed by atoms with Gasteiger partial charge < -0.3 is 23.9 Å². The number of halogens is 1. The molecule has 2 heterocycles. The lowest BCUT2D eigenvalue weighted by Gasteiger charge is -2.25. The van der Waals surface area contributed by atoms with E-state index in [0.29, 0.717) is 30.1 Å². The number of aliphatic hydroxyl groups excluding tert-OH is 1. The Morgan fingerprint density at radius 2 is 1.97 bits per heavy atom. The predicted octanol–water partition coefficient (Wildman–Crippen LogP) is 3.27. The van der Waals surface area contributed by atoms with Gasteiger partial charge in [-0.25, -0.2) is 4.39 Å². The van der Waals surface area contributed by atoms with Crippen molar-refractivity contribution in [2.75, 3.05) is 26.9 Å². The lowest BCUT2D eigenvalue weighted by molar-refractivity contribution is 0.0716. The molecule has 1 amide bonds. The van der Waals surface area contributed by atoms with Crippen molar-refractivity contribution >= 4 is 16.9 Å². The lowest BCUT2D eigenvalue weighted by Crippen LogP contribution is -2.31. The molecule has 1 N–H and O–H groups in total. The van der Waals surface area contributed by atoms with Crippen molar-refractivity contribution in [3.8, 4) is 11.5 Å². The van der Waals surface area contributed by atoms with Gasteiger partial charge in [0.05, 0.1) is 30.7 Å². The molecule has 31 heavy (non-hydrogen) atoms. The Kier molecular flexibility index (Phi) is 5.65. The first-order valence-electron chi connectivity index (χ1n) is 9.99. The van der Waals surface area contributed by atoms with Crippen LogP contribution in [0.15, 0.2) is 45.6 Å². The standard InChI is InChI=1S/C23H22FNO6/c1-3-30-17-7-5-13(11-18(17)29-2)20-19-21(27)15-12-14(24)6-8-16(15)31-22(19)23(28)25(20)9-4-10-26/h5-8,11-12,20,26H,3-4,9-10H2,1-2H3. The number of carbonyl (C=O) groups excluding carboxylic acids is 1. The van der Waals surface area contributed by atoms with E-state index in [-0.39, 0.29) is 35.4 Å².